The monoisotopic (exact) mass is 273 g/mol. The molecule has 5 heteroatoms. The molecule has 4 nitrogen and oxygen atoms in total. The molecular formula is C14H12ClN3O. The molecule has 19 heavy (non-hydrogen) atoms. The highest BCUT2D eigenvalue weighted by molar-refractivity contribution is 6.30. The summed E-state index contributed by atoms with van der Waals surface area (Å²) < 4.78 is 1.46. The van der Waals surface area contributed by atoms with Gasteiger partial charge in [0.05, 0.1) is 0 Å². The molecule has 2 heterocycles. The van der Waals surface area contributed by atoms with Gasteiger partial charge in [0.1, 0.15) is 0 Å². The van der Waals surface area contributed by atoms with Crippen molar-refractivity contribution in [3.05, 3.63) is 57.1 Å². The van der Waals surface area contributed by atoms with Crippen LogP contribution < -0.4 is 5.56 Å². The molecule has 0 unspecified atom stereocenters. The minimum Gasteiger partial charge on any atom is -0.293 e. The smallest absolute Gasteiger partial charge is 0.272 e. The number of nitrogens with zero attached hydrogens (tertiary/aromatic N) is 2. The lowest BCUT2D eigenvalue weighted by atomic mass is 10.1. The van der Waals surface area contributed by atoms with Crippen molar-refractivity contribution in [1.82, 2.24) is 14.6 Å². The zero-order chi connectivity index (χ0) is 13.6. The lowest BCUT2D eigenvalue weighted by molar-refractivity contribution is 0.873. The van der Waals surface area contributed by atoms with Crippen molar-refractivity contribution in [3.63, 3.8) is 0 Å². The number of aromatic nitrogens is 3. The largest absolute Gasteiger partial charge is 0.293 e. The van der Waals surface area contributed by atoms with E-state index in [1.807, 2.05) is 38.1 Å². The van der Waals surface area contributed by atoms with Crippen molar-refractivity contribution in [2.75, 3.05) is 0 Å². The molecule has 0 saturated heterocycles. The molecule has 0 amide bonds. The Bertz CT molecular complexity index is 832. The number of benzene rings is 1. The second-order valence-corrected chi connectivity index (χ2v) is 4.95. The van der Waals surface area contributed by atoms with Crippen LogP contribution in [0.15, 0.2) is 35.1 Å². The first-order chi connectivity index (χ1) is 9.06. The number of fused-ring (bicyclic) bond motifs is 1. The Hall–Kier alpha value is -2.07. The quantitative estimate of drug-likeness (QED) is 0.741. The third-order valence-electron chi connectivity index (χ3n) is 3.04. The minimum absolute atomic E-state index is 0.112. The standard InChI is InChI=1S/C14H12ClN3O/c1-8-6-12(19)18-14(16-8)13(9(2)17-18)10-4-3-5-11(15)7-10/h3-7,17H,1-2H3. The summed E-state index contributed by atoms with van der Waals surface area (Å²) in [4.78, 5) is 16.4. The van der Waals surface area contributed by atoms with E-state index in [0.29, 0.717) is 16.4 Å². The van der Waals surface area contributed by atoms with Gasteiger partial charge in [-0.15, -0.1) is 0 Å². The van der Waals surface area contributed by atoms with Crippen molar-refractivity contribution in [1.29, 1.82) is 0 Å². The molecule has 96 valence electrons. The molecule has 0 fully saturated rings. The van der Waals surface area contributed by atoms with Crippen molar-refractivity contribution in [2.45, 2.75) is 13.8 Å². The molecule has 0 saturated carbocycles. The number of nitrogens with one attached hydrogen (secondary N) is 1. The summed E-state index contributed by atoms with van der Waals surface area (Å²) in [6, 6.07) is 9.03. The lowest BCUT2D eigenvalue weighted by Gasteiger charge is -2.01. The fourth-order valence-corrected chi connectivity index (χ4v) is 2.44. The van der Waals surface area contributed by atoms with E-state index in [0.717, 1.165) is 16.8 Å². The summed E-state index contributed by atoms with van der Waals surface area (Å²) in [7, 11) is 0. The van der Waals surface area contributed by atoms with E-state index in [4.69, 9.17) is 11.6 Å². The number of rotatable bonds is 1. The summed E-state index contributed by atoms with van der Waals surface area (Å²) in [6.07, 6.45) is 0. The van der Waals surface area contributed by atoms with Crippen LogP contribution in [0.4, 0.5) is 0 Å². The van der Waals surface area contributed by atoms with Crippen LogP contribution in [-0.2, 0) is 0 Å². The number of aromatic amines is 1. The van der Waals surface area contributed by atoms with E-state index < -0.39 is 0 Å². The van der Waals surface area contributed by atoms with E-state index in [1.54, 1.807) is 0 Å². The first kappa shape index (κ1) is 12.0. The van der Waals surface area contributed by atoms with Gasteiger partial charge in [0.25, 0.3) is 5.56 Å². The number of H-pyrrole nitrogens is 1. The molecule has 0 spiro atoms. The molecule has 0 radical (unpaired) electrons. The van der Waals surface area contributed by atoms with Gasteiger partial charge in [-0.1, -0.05) is 23.7 Å². The van der Waals surface area contributed by atoms with Crippen molar-refractivity contribution >= 4 is 17.2 Å². The topological polar surface area (TPSA) is 50.2 Å². The zero-order valence-corrected chi connectivity index (χ0v) is 11.3. The van der Waals surface area contributed by atoms with Crippen LogP contribution in [0.5, 0.6) is 0 Å². The van der Waals surface area contributed by atoms with Crippen LogP contribution in [0.3, 0.4) is 0 Å². The third-order valence-corrected chi connectivity index (χ3v) is 3.27. The summed E-state index contributed by atoms with van der Waals surface area (Å²) in [5.74, 6) is 0. The molecule has 1 aromatic carbocycles. The Kier molecular flexibility index (Phi) is 2.68. The second-order valence-electron chi connectivity index (χ2n) is 4.52. The number of halogens is 1. The SMILES string of the molecule is Cc1cc(=O)n2[nH]c(C)c(-c3cccc(Cl)c3)c2n1. The third kappa shape index (κ3) is 1.94. The van der Waals surface area contributed by atoms with Gasteiger partial charge in [0.15, 0.2) is 5.65 Å². The summed E-state index contributed by atoms with van der Waals surface area (Å²) in [5.41, 5.74) is 3.96. The highest BCUT2D eigenvalue weighted by atomic mass is 35.5. The van der Waals surface area contributed by atoms with Crippen LogP contribution in [0.1, 0.15) is 11.4 Å². The van der Waals surface area contributed by atoms with E-state index in [1.165, 1.54) is 10.6 Å². The normalized spacial score (nSPS) is 11.1. The van der Waals surface area contributed by atoms with E-state index in [2.05, 4.69) is 10.1 Å². The Morgan fingerprint density at radius 1 is 1.26 bits per heavy atom. The Morgan fingerprint density at radius 3 is 2.79 bits per heavy atom. The predicted octanol–water partition coefficient (Wildman–Crippen LogP) is 2.96. The van der Waals surface area contributed by atoms with Gasteiger partial charge in [0.2, 0.25) is 0 Å². The van der Waals surface area contributed by atoms with Crippen LogP contribution in [0.25, 0.3) is 16.8 Å². The lowest BCUT2D eigenvalue weighted by Crippen LogP contribution is -2.14. The van der Waals surface area contributed by atoms with Crippen LogP contribution in [0.2, 0.25) is 5.02 Å². The van der Waals surface area contributed by atoms with Gasteiger partial charge in [-0.05, 0) is 31.5 Å². The summed E-state index contributed by atoms with van der Waals surface area (Å²) in [5, 5.41) is 3.70. The number of aryl methyl sites for hydroxylation is 2. The molecule has 0 aliphatic carbocycles. The first-order valence-electron chi connectivity index (χ1n) is 5.91. The maximum absolute atomic E-state index is 11.9. The first-order valence-corrected chi connectivity index (χ1v) is 6.29. The van der Waals surface area contributed by atoms with Gasteiger partial charge in [0, 0.05) is 28.0 Å². The molecule has 0 aliphatic rings. The van der Waals surface area contributed by atoms with E-state index in [-0.39, 0.29) is 5.56 Å². The Labute approximate surface area is 114 Å². The Morgan fingerprint density at radius 2 is 2.05 bits per heavy atom. The molecule has 3 rings (SSSR count). The van der Waals surface area contributed by atoms with Crippen molar-refractivity contribution < 1.29 is 0 Å². The van der Waals surface area contributed by atoms with Crippen LogP contribution >= 0.6 is 11.6 Å². The summed E-state index contributed by atoms with van der Waals surface area (Å²) in [6.45, 7) is 3.73. The zero-order valence-electron chi connectivity index (χ0n) is 10.6. The minimum atomic E-state index is -0.112. The highest BCUT2D eigenvalue weighted by Crippen LogP contribution is 2.28. The average molecular weight is 274 g/mol. The molecule has 0 aliphatic heterocycles. The second kappa shape index (κ2) is 4.24. The molecule has 0 bridgehead atoms. The van der Waals surface area contributed by atoms with Gasteiger partial charge in [-0.25, -0.2) is 9.50 Å². The van der Waals surface area contributed by atoms with Crippen LogP contribution in [0, 0.1) is 13.8 Å². The fourth-order valence-electron chi connectivity index (χ4n) is 2.25. The number of hydrogen-bond donors (Lipinski definition) is 1. The molecule has 2 aromatic heterocycles. The van der Waals surface area contributed by atoms with Gasteiger partial charge in [-0.2, -0.15) is 0 Å². The van der Waals surface area contributed by atoms with Crippen LogP contribution in [-0.4, -0.2) is 14.6 Å². The molecular weight excluding hydrogens is 262 g/mol. The fraction of sp³-hybridized carbons (Fsp3) is 0.143. The molecule has 0 atom stereocenters. The van der Waals surface area contributed by atoms with E-state index in [9.17, 15) is 4.79 Å². The predicted molar refractivity (Wildman–Crippen MR) is 75.7 cm³/mol. The average Bonchev–Trinajstić information content (AvgIpc) is 2.66. The summed E-state index contributed by atoms with van der Waals surface area (Å²) >= 11 is 6.03. The number of hydrogen-bond acceptors (Lipinski definition) is 2. The maximum atomic E-state index is 11.9. The van der Waals surface area contributed by atoms with E-state index >= 15 is 0 Å². The Balaban J connectivity index is 2.41. The van der Waals surface area contributed by atoms with Gasteiger partial charge < -0.3 is 0 Å². The highest BCUT2D eigenvalue weighted by Gasteiger charge is 2.13. The maximum Gasteiger partial charge on any atom is 0.272 e. The van der Waals surface area contributed by atoms with Gasteiger partial charge in [-0.3, -0.25) is 9.89 Å². The van der Waals surface area contributed by atoms with Crippen molar-refractivity contribution in [2.24, 2.45) is 0 Å². The molecule has 3 aromatic rings. The van der Waals surface area contributed by atoms with Gasteiger partial charge >= 0.3 is 0 Å². The van der Waals surface area contributed by atoms with Crippen molar-refractivity contribution in [3.8, 4) is 11.1 Å². The molecule has 1 N–H and O–H groups in total.